The van der Waals surface area contributed by atoms with Crippen molar-refractivity contribution in [1.82, 2.24) is 0 Å². The average molecular weight is 563 g/mol. The van der Waals surface area contributed by atoms with E-state index in [1.807, 2.05) is 97.9 Å². The zero-order chi connectivity index (χ0) is 23.3. The predicted octanol–water partition coefficient (Wildman–Crippen LogP) is 7.07. The molecule has 0 fully saturated rings. The normalized spacial score (nSPS) is 11.8. The Morgan fingerprint density at radius 2 is 1.06 bits per heavy atom. The van der Waals surface area contributed by atoms with Crippen LogP contribution >= 0.6 is 22.6 Å². The van der Waals surface area contributed by atoms with Gasteiger partial charge in [-0.25, -0.2) is 0 Å². The van der Waals surface area contributed by atoms with Crippen LogP contribution in [0.15, 0.2) is 128 Å². The molecular weight excluding hydrogens is 541 g/mol. The number of nitrogens with zero attached hydrogens (tertiary/aromatic N) is 1. The minimum absolute atomic E-state index is 0.173. The molecule has 0 unspecified atom stereocenters. The summed E-state index contributed by atoms with van der Waals surface area (Å²) in [5.74, 6) is 0. The number of hydrogen-bond acceptors (Lipinski definition) is 2. The van der Waals surface area contributed by atoms with Crippen LogP contribution in [-0.2, 0) is 10.0 Å². The predicted molar refractivity (Wildman–Crippen MR) is 144 cm³/mol. The summed E-state index contributed by atoms with van der Waals surface area (Å²) in [6.07, 6.45) is 0. The van der Waals surface area contributed by atoms with Crippen LogP contribution in [0.25, 0.3) is 5.57 Å². The Balaban J connectivity index is 1.99. The summed E-state index contributed by atoms with van der Waals surface area (Å²) in [5.41, 5.74) is 5.06. The maximum atomic E-state index is 13.3. The van der Waals surface area contributed by atoms with Crippen LogP contribution in [0.3, 0.4) is 0 Å². The van der Waals surface area contributed by atoms with Gasteiger partial charge in [-0.1, -0.05) is 109 Å². The van der Waals surface area contributed by atoms with Crippen molar-refractivity contribution in [1.29, 1.82) is 0 Å². The molecule has 4 aromatic rings. The van der Waals surface area contributed by atoms with E-state index in [9.17, 15) is 8.42 Å². The number of aryl methyl sites for hydroxylation is 1. The van der Waals surface area contributed by atoms with Crippen molar-refractivity contribution in [2.24, 2.45) is 4.40 Å². The van der Waals surface area contributed by atoms with E-state index in [2.05, 4.69) is 27.0 Å². The molecule has 0 bridgehead atoms. The monoisotopic (exact) mass is 563 g/mol. The molecule has 0 N–H and O–H groups in total. The maximum Gasteiger partial charge on any atom is 0.282 e. The van der Waals surface area contributed by atoms with E-state index in [0.29, 0.717) is 5.71 Å². The van der Waals surface area contributed by atoms with E-state index in [-0.39, 0.29) is 4.90 Å². The zero-order valence-corrected chi connectivity index (χ0v) is 21.0. The zero-order valence-electron chi connectivity index (χ0n) is 18.0. The lowest BCUT2D eigenvalue weighted by atomic mass is 9.95. The first-order valence-corrected chi connectivity index (χ1v) is 13.0. The van der Waals surface area contributed by atoms with Crippen molar-refractivity contribution in [3.8, 4) is 0 Å². The summed E-state index contributed by atoms with van der Waals surface area (Å²) in [6, 6.07) is 36.2. The lowest BCUT2D eigenvalue weighted by Crippen LogP contribution is -2.09. The molecule has 0 atom stereocenters. The van der Waals surface area contributed by atoms with Crippen LogP contribution in [0.5, 0.6) is 0 Å². The SMILES string of the molecule is Cc1ccc(S(=O)(=O)/N=C(\C(I)=C(c2ccccc2)c2ccccc2)c2ccccc2)cc1. The minimum atomic E-state index is -3.92. The van der Waals surface area contributed by atoms with Crippen molar-refractivity contribution in [3.63, 3.8) is 0 Å². The quantitative estimate of drug-likeness (QED) is 0.186. The number of rotatable bonds is 6. The smallest absolute Gasteiger partial charge is 0.199 e. The summed E-state index contributed by atoms with van der Waals surface area (Å²) < 4.78 is 31.8. The first kappa shape index (κ1) is 23.1. The number of halogens is 1. The van der Waals surface area contributed by atoms with E-state index in [4.69, 9.17) is 0 Å². The van der Waals surface area contributed by atoms with E-state index < -0.39 is 10.0 Å². The van der Waals surface area contributed by atoms with Gasteiger partial charge in [-0.2, -0.15) is 12.8 Å². The lowest BCUT2D eigenvalue weighted by Gasteiger charge is -2.15. The fraction of sp³-hybridized carbons (Fsp3) is 0.0357. The maximum absolute atomic E-state index is 13.3. The van der Waals surface area contributed by atoms with Gasteiger partial charge in [0.1, 0.15) is 0 Å². The summed E-state index contributed by atoms with van der Waals surface area (Å²) >= 11 is 2.23. The molecule has 4 rings (SSSR count). The van der Waals surface area contributed by atoms with Crippen LogP contribution in [0.4, 0.5) is 0 Å². The fourth-order valence-electron chi connectivity index (χ4n) is 3.45. The van der Waals surface area contributed by atoms with Crippen LogP contribution in [0.2, 0.25) is 0 Å². The number of benzene rings is 4. The molecule has 0 aromatic heterocycles. The molecule has 33 heavy (non-hydrogen) atoms. The highest BCUT2D eigenvalue weighted by molar-refractivity contribution is 14.1. The van der Waals surface area contributed by atoms with Crippen LogP contribution < -0.4 is 0 Å². The Hall–Kier alpha value is -3.03. The van der Waals surface area contributed by atoms with Gasteiger partial charge in [0.2, 0.25) is 0 Å². The third kappa shape index (κ3) is 5.49. The molecular formula is C28H22INO2S. The van der Waals surface area contributed by atoms with Gasteiger partial charge in [0, 0.05) is 14.7 Å². The fourth-order valence-corrected chi connectivity index (χ4v) is 5.69. The number of hydrogen-bond donors (Lipinski definition) is 0. The molecule has 0 aliphatic heterocycles. The van der Waals surface area contributed by atoms with Crippen LogP contribution in [-0.4, -0.2) is 14.1 Å². The highest BCUT2D eigenvalue weighted by Crippen LogP contribution is 2.33. The van der Waals surface area contributed by atoms with Crippen molar-refractivity contribution in [2.45, 2.75) is 11.8 Å². The Labute approximate surface area is 208 Å². The Morgan fingerprint density at radius 3 is 1.52 bits per heavy atom. The molecule has 0 amide bonds. The van der Waals surface area contributed by atoms with Gasteiger partial charge in [0.15, 0.2) is 0 Å². The molecule has 0 heterocycles. The Bertz CT molecular complexity index is 1350. The van der Waals surface area contributed by atoms with Gasteiger partial charge >= 0.3 is 0 Å². The van der Waals surface area contributed by atoms with Gasteiger partial charge in [-0.15, -0.1) is 0 Å². The minimum Gasteiger partial charge on any atom is -0.199 e. The standard InChI is InChI=1S/C28H22INO2S/c1-21-17-19-25(20-18-21)33(31,32)30-28(24-15-9-4-10-16-24)27(29)26(22-11-5-2-6-12-22)23-13-7-3-8-14-23/h2-20H,1H3/b30-28-. The van der Waals surface area contributed by atoms with Gasteiger partial charge in [0.25, 0.3) is 10.0 Å². The van der Waals surface area contributed by atoms with Crippen molar-refractivity contribution < 1.29 is 8.42 Å². The van der Waals surface area contributed by atoms with Crippen molar-refractivity contribution >= 4 is 43.9 Å². The molecule has 0 saturated carbocycles. The van der Waals surface area contributed by atoms with Crippen LogP contribution in [0, 0.1) is 6.92 Å². The van der Waals surface area contributed by atoms with E-state index >= 15 is 0 Å². The van der Waals surface area contributed by atoms with E-state index in [1.54, 1.807) is 24.3 Å². The van der Waals surface area contributed by atoms with Gasteiger partial charge in [-0.05, 0) is 52.8 Å². The lowest BCUT2D eigenvalue weighted by molar-refractivity contribution is 0.598. The second kappa shape index (κ2) is 10.3. The van der Waals surface area contributed by atoms with Crippen molar-refractivity contribution in [3.05, 3.63) is 141 Å². The van der Waals surface area contributed by atoms with Crippen molar-refractivity contribution in [2.75, 3.05) is 0 Å². The Morgan fingerprint density at radius 1 is 0.636 bits per heavy atom. The topological polar surface area (TPSA) is 46.5 Å². The van der Waals surface area contributed by atoms with Gasteiger partial charge in [-0.3, -0.25) is 0 Å². The molecule has 0 aliphatic rings. The summed E-state index contributed by atoms with van der Waals surface area (Å²) in [7, 11) is -3.92. The van der Waals surface area contributed by atoms with E-state index in [1.165, 1.54) is 0 Å². The first-order chi connectivity index (χ1) is 16.0. The molecule has 5 heteroatoms. The van der Waals surface area contributed by atoms with Gasteiger partial charge in [0.05, 0.1) is 10.6 Å². The first-order valence-electron chi connectivity index (χ1n) is 10.4. The average Bonchev–Trinajstić information content (AvgIpc) is 2.85. The highest BCUT2D eigenvalue weighted by atomic mass is 127. The third-order valence-electron chi connectivity index (χ3n) is 5.13. The number of sulfonamides is 1. The van der Waals surface area contributed by atoms with Gasteiger partial charge < -0.3 is 0 Å². The van der Waals surface area contributed by atoms with E-state index in [0.717, 1.165) is 31.4 Å². The molecule has 0 radical (unpaired) electrons. The second-order valence-electron chi connectivity index (χ2n) is 7.52. The molecule has 4 aromatic carbocycles. The summed E-state index contributed by atoms with van der Waals surface area (Å²) in [6.45, 7) is 1.92. The Kier molecular flexibility index (Phi) is 7.20. The largest absolute Gasteiger partial charge is 0.282 e. The molecule has 3 nitrogen and oxygen atoms in total. The molecule has 0 saturated heterocycles. The molecule has 164 valence electrons. The highest BCUT2D eigenvalue weighted by Gasteiger charge is 2.21. The number of allylic oxidation sites excluding steroid dienone is 1. The molecule has 0 aliphatic carbocycles. The van der Waals surface area contributed by atoms with Crippen LogP contribution in [0.1, 0.15) is 22.3 Å². The molecule has 0 spiro atoms. The third-order valence-corrected chi connectivity index (χ3v) is 7.47. The summed E-state index contributed by atoms with van der Waals surface area (Å²) in [4.78, 5) is 0.173. The summed E-state index contributed by atoms with van der Waals surface area (Å²) in [5, 5.41) is 0. The second-order valence-corrected chi connectivity index (χ2v) is 10.2.